The average Bonchev–Trinajstić information content (AvgIpc) is 3.30. The zero-order valence-corrected chi connectivity index (χ0v) is 15.8. The Kier molecular flexibility index (Phi) is 6.06. The monoisotopic (exact) mass is 371 g/mol. The van der Waals surface area contributed by atoms with Crippen molar-refractivity contribution in [1.82, 2.24) is 5.32 Å². The molecule has 1 heterocycles. The van der Waals surface area contributed by atoms with E-state index in [-0.39, 0.29) is 17.9 Å². The number of anilines is 1. The molecule has 1 aromatic carbocycles. The number of aryl methyl sites for hydroxylation is 1. The summed E-state index contributed by atoms with van der Waals surface area (Å²) >= 11 is 1.36. The Balaban J connectivity index is 1.67. The number of carbonyl (C=O) groups is 2. The molecule has 2 atom stereocenters. The van der Waals surface area contributed by atoms with Crippen molar-refractivity contribution in [2.45, 2.75) is 38.6 Å². The molecule has 0 bridgehead atoms. The first kappa shape index (κ1) is 18.6. The maximum absolute atomic E-state index is 12.6. The second-order valence-electron chi connectivity index (χ2n) is 6.67. The van der Waals surface area contributed by atoms with E-state index >= 15 is 0 Å². The van der Waals surface area contributed by atoms with Gasteiger partial charge in [0, 0.05) is 11.6 Å². The van der Waals surface area contributed by atoms with Gasteiger partial charge in [-0.3, -0.25) is 9.59 Å². The van der Waals surface area contributed by atoms with Crippen LogP contribution in [0, 0.1) is 5.92 Å². The van der Waals surface area contributed by atoms with Gasteiger partial charge in [0.05, 0.1) is 5.56 Å². The summed E-state index contributed by atoms with van der Waals surface area (Å²) in [5, 5.41) is 8.35. The molecule has 1 aromatic heterocycles. The molecule has 0 saturated heterocycles. The number of hydrogen-bond acceptors (Lipinski definition) is 4. The van der Waals surface area contributed by atoms with E-state index in [4.69, 9.17) is 5.73 Å². The predicted octanol–water partition coefficient (Wildman–Crippen LogP) is 3.42. The summed E-state index contributed by atoms with van der Waals surface area (Å²) in [5.74, 6) is -0.00853. The van der Waals surface area contributed by atoms with Crippen LogP contribution in [0.4, 0.5) is 5.00 Å². The lowest BCUT2D eigenvalue weighted by Crippen LogP contribution is -2.40. The fourth-order valence-corrected chi connectivity index (χ4v) is 4.19. The van der Waals surface area contributed by atoms with Gasteiger partial charge in [0.2, 0.25) is 0 Å². The molecular formula is C20H25N3O2S. The highest BCUT2D eigenvalue weighted by Gasteiger charge is 2.28. The third kappa shape index (κ3) is 4.14. The molecule has 3 rings (SSSR count). The standard InChI is InChI=1S/C20H25N3O2S/c1-2-13-6-8-14(9-7-13)18(24)23-20-16(10-11-26-20)19(25)22-17-5-3-4-15(17)12-21/h6-11,15,17H,2-5,12,21H2,1H3,(H,22,25)(H,23,24). The summed E-state index contributed by atoms with van der Waals surface area (Å²) < 4.78 is 0. The lowest BCUT2D eigenvalue weighted by atomic mass is 10.0. The predicted molar refractivity (Wildman–Crippen MR) is 106 cm³/mol. The van der Waals surface area contributed by atoms with E-state index < -0.39 is 0 Å². The molecule has 0 aliphatic heterocycles. The maximum Gasteiger partial charge on any atom is 0.256 e. The molecule has 2 unspecified atom stereocenters. The van der Waals surface area contributed by atoms with Crippen LogP contribution >= 0.6 is 11.3 Å². The van der Waals surface area contributed by atoms with Crippen molar-refractivity contribution < 1.29 is 9.59 Å². The zero-order valence-electron chi connectivity index (χ0n) is 15.0. The summed E-state index contributed by atoms with van der Waals surface area (Å²) in [6.07, 6.45) is 4.04. The second-order valence-corrected chi connectivity index (χ2v) is 7.59. The first-order chi connectivity index (χ1) is 12.6. The summed E-state index contributed by atoms with van der Waals surface area (Å²) in [6, 6.07) is 9.39. The summed E-state index contributed by atoms with van der Waals surface area (Å²) in [6.45, 7) is 2.66. The minimum atomic E-state index is -0.204. The number of hydrogen-bond donors (Lipinski definition) is 3. The largest absolute Gasteiger partial charge is 0.349 e. The summed E-state index contributed by atoms with van der Waals surface area (Å²) in [4.78, 5) is 25.1. The zero-order chi connectivity index (χ0) is 18.5. The van der Waals surface area contributed by atoms with E-state index in [1.54, 1.807) is 6.07 Å². The lowest BCUT2D eigenvalue weighted by molar-refractivity contribution is 0.0930. The Morgan fingerprint density at radius 1 is 1.15 bits per heavy atom. The third-order valence-electron chi connectivity index (χ3n) is 5.04. The van der Waals surface area contributed by atoms with Crippen LogP contribution in [0.15, 0.2) is 35.7 Å². The van der Waals surface area contributed by atoms with Crippen molar-refractivity contribution in [3.8, 4) is 0 Å². The van der Waals surface area contributed by atoms with Gasteiger partial charge in [-0.2, -0.15) is 0 Å². The van der Waals surface area contributed by atoms with E-state index in [9.17, 15) is 9.59 Å². The smallest absolute Gasteiger partial charge is 0.256 e. The van der Waals surface area contributed by atoms with Crippen LogP contribution in [-0.2, 0) is 6.42 Å². The molecule has 0 radical (unpaired) electrons. The van der Waals surface area contributed by atoms with Crippen LogP contribution in [0.5, 0.6) is 0 Å². The first-order valence-electron chi connectivity index (χ1n) is 9.11. The Morgan fingerprint density at radius 2 is 1.92 bits per heavy atom. The second kappa shape index (κ2) is 8.47. The van der Waals surface area contributed by atoms with Crippen LogP contribution < -0.4 is 16.4 Å². The van der Waals surface area contributed by atoms with Gasteiger partial charge in [-0.1, -0.05) is 25.5 Å². The van der Waals surface area contributed by atoms with Gasteiger partial charge in [-0.05, 0) is 60.9 Å². The molecule has 4 N–H and O–H groups in total. The number of amides is 2. The topological polar surface area (TPSA) is 84.2 Å². The number of thiophene rings is 1. The maximum atomic E-state index is 12.6. The SMILES string of the molecule is CCc1ccc(C(=O)Nc2sccc2C(=O)NC2CCCC2CN)cc1. The van der Waals surface area contributed by atoms with Gasteiger partial charge < -0.3 is 16.4 Å². The van der Waals surface area contributed by atoms with Gasteiger partial charge in [-0.15, -0.1) is 11.3 Å². The molecular weight excluding hydrogens is 346 g/mol. The van der Waals surface area contributed by atoms with Crippen LogP contribution in [0.2, 0.25) is 0 Å². The molecule has 1 saturated carbocycles. The fourth-order valence-electron chi connectivity index (χ4n) is 3.41. The van der Waals surface area contributed by atoms with Gasteiger partial charge in [0.1, 0.15) is 5.00 Å². The quantitative estimate of drug-likeness (QED) is 0.727. The van der Waals surface area contributed by atoms with Gasteiger partial charge >= 0.3 is 0 Å². The minimum absolute atomic E-state index is 0.123. The number of carbonyl (C=O) groups excluding carboxylic acids is 2. The number of nitrogens with two attached hydrogens (primary N) is 1. The molecule has 6 heteroatoms. The number of nitrogens with one attached hydrogen (secondary N) is 2. The molecule has 1 aliphatic carbocycles. The highest BCUT2D eigenvalue weighted by atomic mass is 32.1. The van der Waals surface area contributed by atoms with Crippen molar-refractivity contribution in [2.24, 2.45) is 11.7 Å². The third-order valence-corrected chi connectivity index (χ3v) is 5.87. The molecule has 0 spiro atoms. The highest BCUT2D eigenvalue weighted by Crippen LogP contribution is 2.27. The van der Waals surface area contributed by atoms with E-state index in [0.717, 1.165) is 25.7 Å². The van der Waals surface area contributed by atoms with Gasteiger partial charge in [0.15, 0.2) is 0 Å². The summed E-state index contributed by atoms with van der Waals surface area (Å²) in [5.41, 5.74) is 8.07. The Morgan fingerprint density at radius 3 is 2.62 bits per heavy atom. The Hall–Kier alpha value is -2.18. The van der Waals surface area contributed by atoms with E-state index in [2.05, 4.69) is 17.6 Å². The van der Waals surface area contributed by atoms with Crippen molar-refractivity contribution in [2.75, 3.05) is 11.9 Å². The minimum Gasteiger partial charge on any atom is -0.349 e. The van der Waals surface area contributed by atoms with E-state index in [1.165, 1.54) is 16.9 Å². The van der Waals surface area contributed by atoms with Gasteiger partial charge in [-0.25, -0.2) is 0 Å². The van der Waals surface area contributed by atoms with Gasteiger partial charge in [0.25, 0.3) is 11.8 Å². The van der Waals surface area contributed by atoms with Crippen molar-refractivity contribution in [3.05, 3.63) is 52.4 Å². The normalized spacial score (nSPS) is 19.3. The molecule has 5 nitrogen and oxygen atoms in total. The molecule has 1 aliphatic rings. The number of benzene rings is 1. The highest BCUT2D eigenvalue weighted by molar-refractivity contribution is 7.14. The van der Waals surface area contributed by atoms with Crippen molar-refractivity contribution in [3.63, 3.8) is 0 Å². The van der Waals surface area contributed by atoms with Crippen LogP contribution in [0.3, 0.4) is 0 Å². The molecule has 2 amide bonds. The molecule has 26 heavy (non-hydrogen) atoms. The molecule has 2 aromatic rings. The lowest BCUT2D eigenvalue weighted by Gasteiger charge is -2.19. The fraction of sp³-hybridized carbons (Fsp3) is 0.400. The number of rotatable bonds is 6. The van der Waals surface area contributed by atoms with Crippen LogP contribution in [0.1, 0.15) is 52.5 Å². The van der Waals surface area contributed by atoms with Crippen molar-refractivity contribution in [1.29, 1.82) is 0 Å². The first-order valence-corrected chi connectivity index (χ1v) is 9.99. The average molecular weight is 372 g/mol. The summed E-state index contributed by atoms with van der Waals surface area (Å²) in [7, 11) is 0. The van der Waals surface area contributed by atoms with Crippen molar-refractivity contribution >= 4 is 28.2 Å². The Bertz CT molecular complexity index is 770. The van der Waals surface area contributed by atoms with Crippen LogP contribution in [0.25, 0.3) is 0 Å². The van der Waals surface area contributed by atoms with E-state index in [1.807, 2.05) is 29.6 Å². The van der Waals surface area contributed by atoms with E-state index in [0.29, 0.717) is 28.6 Å². The van der Waals surface area contributed by atoms with Crippen LogP contribution in [-0.4, -0.2) is 24.4 Å². The molecule has 138 valence electrons. The molecule has 1 fully saturated rings. The Labute approximate surface area is 158 Å².